The molecule has 1 fully saturated rings. The number of thiophene rings is 1. The monoisotopic (exact) mass is 498 g/mol. The minimum atomic E-state index is -1.24. The summed E-state index contributed by atoms with van der Waals surface area (Å²) < 4.78 is 6.15. The highest BCUT2D eigenvalue weighted by atomic mass is 35.5. The topological polar surface area (TPSA) is 88.5 Å². The standard InChI is InChI=1S/C24H19ClN2O4S2/c25-18-11-17(21(28)27-24(23(29)30)8-4-9-24)20(16-6-2-1-5-15(16)18)31-12-14-13-33-22(26-14)19-7-3-10-32-19/h1-3,5-7,10-11,13H,4,8-9,12H2,(H,27,28)(H,29,30). The summed E-state index contributed by atoms with van der Waals surface area (Å²) in [5, 5.41) is 19.0. The molecule has 2 aromatic carbocycles. The zero-order chi connectivity index (χ0) is 23.0. The Balaban J connectivity index is 1.48. The molecule has 2 aromatic heterocycles. The lowest BCUT2D eigenvalue weighted by Gasteiger charge is -2.38. The number of thiazole rings is 1. The Bertz CT molecular complexity index is 1350. The first kappa shape index (κ1) is 21.9. The number of fused-ring (bicyclic) bond motifs is 1. The molecule has 0 bridgehead atoms. The van der Waals surface area contributed by atoms with E-state index in [1.807, 2.05) is 47.2 Å². The number of ether oxygens (including phenoxy) is 1. The van der Waals surface area contributed by atoms with Crippen molar-refractivity contribution in [3.63, 3.8) is 0 Å². The first-order valence-corrected chi connectivity index (χ1v) is 12.5. The molecule has 5 rings (SSSR count). The van der Waals surface area contributed by atoms with Crippen molar-refractivity contribution in [2.45, 2.75) is 31.4 Å². The van der Waals surface area contributed by atoms with Crippen LogP contribution in [0.25, 0.3) is 20.7 Å². The van der Waals surface area contributed by atoms with Crippen molar-refractivity contribution >= 4 is 56.9 Å². The van der Waals surface area contributed by atoms with E-state index in [4.69, 9.17) is 16.3 Å². The summed E-state index contributed by atoms with van der Waals surface area (Å²) in [5.41, 5.74) is -0.286. The number of halogens is 1. The number of amides is 1. The van der Waals surface area contributed by atoms with E-state index >= 15 is 0 Å². The fraction of sp³-hybridized carbons (Fsp3) is 0.208. The van der Waals surface area contributed by atoms with Crippen LogP contribution in [-0.4, -0.2) is 27.5 Å². The minimum absolute atomic E-state index is 0.165. The molecule has 0 saturated heterocycles. The van der Waals surface area contributed by atoms with E-state index in [9.17, 15) is 14.7 Å². The average Bonchev–Trinajstić information content (AvgIpc) is 3.47. The van der Waals surface area contributed by atoms with E-state index in [2.05, 4.69) is 10.3 Å². The van der Waals surface area contributed by atoms with Gasteiger partial charge in [-0.15, -0.1) is 22.7 Å². The number of hydrogen-bond acceptors (Lipinski definition) is 6. The van der Waals surface area contributed by atoms with Crippen molar-refractivity contribution in [3.8, 4) is 15.6 Å². The second-order valence-electron chi connectivity index (χ2n) is 7.89. The summed E-state index contributed by atoms with van der Waals surface area (Å²) in [6.07, 6.45) is 1.55. The van der Waals surface area contributed by atoms with Crippen LogP contribution >= 0.6 is 34.3 Å². The van der Waals surface area contributed by atoms with Crippen molar-refractivity contribution in [2.75, 3.05) is 0 Å². The Hall–Kier alpha value is -2.94. The Kier molecular flexibility index (Phi) is 5.82. The predicted molar refractivity (Wildman–Crippen MR) is 130 cm³/mol. The van der Waals surface area contributed by atoms with Crippen LogP contribution < -0.4 is 10.1 Å². The number of benzene rings is 2. The van der Waals surface area contributed by atoms with E-state index in [1.54, 1.807) is 17.4 Å². The largest absolute Gasteiger partial charge is 0.486 e. The number of carbonyl (C=O) groups excluding carboxylic acids is 1. The third kappa shape index (κ3) is 4.10. The van der Waals surface area contributed by atoms with Crippen LogP contribution in [-0.2, 0) is 11.4 Å². The molecule has 1 aliphatic rings. The normalized spacial score (nSPS) is 14.6. The first-order chi connectivity index (χ1) is 16.0. The number of aromatic nitrogens is 1. The molecular formula is C24H19ClN2O4S2. The van der Waals surface area contributed by atoms with Crippen molar-refractivity contribution in [1.29, 1.82) is 0 Å². The minimum Gasteiger partial charge on any atom is -0.486 e. The average molecular weight is 499 g/mol. The van der Waals surface area contributed by atoms with E-state index in [-0.39, 0.29) is 12.2 Å². The van der Waals surface area contributed by atoms with E-state index < -0.39 is 17.4 Å². The third-order valence-corrected chi connectivity index (χ3v) is 8.05. The molecule has 2 N–H and O–H groups in total. The molecule has 0 atom stereocenters. The van der Waals surface area contributed by atoms with Gasteiger partial charge in [0.2, 0.25) is 0 Å². The van der Waals surface area contributed by atoms with Crippen LogP contribution in [0, 0.1) is 0 Å². The maximum atomic E-state index is 13.2. The first-order valence-electron chi connectivity index (χ1n) is 10.3. The summed E-state index contributed by atoms with van der Waals surface area (Å²) in [6, 6.07) is 12.9. The Labute approximate surface area is 202 Å². The van der Waals surface area contributed by atoms with Gasteiger partial charge in [-0.25, -0.2) is 9.78 Å². The van der Waals surface area contributed by atoms with Crippen LogP contribution in [0.5, 0.6) is 5.75 Å². The highest BCUT2D eigenvalue weighted by Crippen LogP contribution is 2.38. The van der Waals surface area contributed by atoms with Crippen molar-refractivity contribution in [1.82, 2.24) is 10.3 Å². The summed E-state index contributed by atoms with van der Waals surface area (Å²) in [5.74, 6) is -1.18. The molecule has 1 aliphatic carbocycles. The molecule has 1 saturated carbocycles. The summed E-state index contributed by atoms with van der Waals surface area (Å²) in [7, 11) is 0. The van der Waals surface area contributed by atoms with Crippen molar-refractivity contribution < 1.29 is 19.4 Å². The maximum absolute atomic E-state index is 13.2. The summed E-state index contributed by atoms with van der Waals surface area (Å²) in [4.78, 5) is 30.7. The van der Waals surface area contributed by atoms with Crippen LogP contribution in [0.3, 0.4) is 0 Å². The van der Waals surface area contributed by atoms with E-state index in [0.717, 1.165) is 27.4 Å². The van der Waals surface area contributed by atoms with Gasteiger partial charge in [0.25, 0.3) is 5.91 Å². The van der Waals surface area contributed by atoms with Crippen molar-refractivity contribution in [3.05, 3.63) is 69.5 Å². The molecule has 2 heterocycles. The van der Waals surface area contributed by atoms with E-state index in [0.29, 0.717) is 29.0 Å². The lowest BCUT2D eigenvalue weighted by atomic mass is 9.76. The van der Waals surface area contributed by atoms with Gasteiger partial charge in [-0.3, -0.25) is 4.79 Å². The molecule has 0 unspecified atom stereocenters. The van der Waals surface area contributed by atoms with Crippen molar-refractivity contribution in [2.24, 2.45) is 0 Å². The van der Waals surface area contributed by atoms with Gasteiger partial charge < -0.3 is 15.2 Å². The fourth-order valence-corrected chi connectivity index (χ4v) is 5.76. The Morgan fingerprint density at radius 3 is 2.61 bits per heavy atom. The number of aliphatic carboxylic acids is 1. The van der Waals surface area contributed by atoms with Gasteiger partial charge in [-0.05, 0) is 36.8 Å². The lowest BCUT2D eigenvalue weighted by molar-refractivity contribution is -0.148. The summed E-state index contributed by atoms with van der Waals surface area (Å²) in [6.45, 7) is 0.165. The van der Waals surface area contributed by atoms with Crippen LogP contribution in [0.15, 0.2) is 53.2 Å². The third-order valence-electron chi connectivity index (χ3n) is 5.81. The molecule has 6 nitrogen and oxygen atoms in total. The zero-order valence-electron chi connectivity index (χ0n) is 17.3. The molecule has 4 aromatic rings. The molecule has 33 heavy (non-hydrogen) atoms. The van der Waals surface area contributed by atoms with Gasteiger partial charge in [-0.2, -0.15) is 0 Å². The fourth-order valence-electron chi connectivity index (χ4n) is 3.87. The van der Waals surface area contributed by atoms with Gasteiger partial charge in [0.15, 0.2) is 0 Å². The summed E-state index contributed by atoms with van der Waals surface area (Å²) >= 11 is 9.63. The predicted octanol–water partition coefficient (Wildman–Crippen LogP) is 5.99. The molecule has 1 amide bonds. The molecule has 0 radical (unpaired) electrons. The highest BCUT2D eigenvalue weighted by Gasteiger charge is 2.46. The Morgan fingerprint density at radius 2 is 1.94 bits per heavy atom. The number of carboxylic acid groups (broad SMARTS) is 1. The van der Waals surface area contributed by atoms with Gasteiger partial charge in [0.1, 0.15) is 22.9 Å². The van der Waals surface area contributed by atoms with Crippen LogP contribution in [0.4, 0.5) is 0 Å². The number of hydrogen-bond donors (Lipinski definition) is 2. The molecule has 0 aliphatic heterocycles. The quantitative estimate of drug-likeness (QED) is 0.326. The molecule has 168 valence electrons. The number of carboxylic acids is 1. The maximum Gasteiger partial charge on any atom is 0.329 e. The lowest BCUT2D eigenvalue weighted by Crippen LogP contribution is -2.59. The smallest absolute Gasteiger partial charge is 0.329 e. The zero-order valence-corrected chi connectivity index (χ0v) is 19.7. The second-order valence-corrected chi connectivity index (χ2v) is 10.1. The van der Waals surface area contributed by atoms with Gasteiger partial charge in [-0.1, -0.05) is 41.9 Å². The van der Waals surface area contributed by atoms with Gasteiger partial charge >= 0.3 is 5.97 Å². The number of nitrogens with one attached hydrogen (secondary N) is 1. The molecule has 9 heteroatoms. The number of carbonyl (C=O) groups is 2. The number of rotatable bonds is 7. The highest BCUT2D eigenvalue weighted by molar-refractivity contribution is 7.20. The van der Waals surface area contributed by atoms with E-state index in [1.165, 1.54) is 11.3 Å². The molecule has 0 spiro atoms. The SMILES string of the molecule is O=C(NC1(C(=O)O)CCC1)c1cc(Cl)c2ccccc2c1OCc1csc(-c2cccs2)n1. The van der Waals surface area contributed by atoms with Crippen LogP contribution in [0.2, 0.25) is 5.02 Å². The second kappa shape index (κ2) is 8.78. The van der Waals surface area contributed by atoms with Gasteiger partial charge in [0.05, 0.1) is 16.1 Å². The van der Waals surface area contributed by atoms with Gasteiger partial charge in [0, 0.05) is 21.2 Å². The number of nitrogens with zero attached hydrogens (tertiary/aromatic N) is 1. The Morgan fingerprint density at radius 1 is 1.15 bits per heavy atom. The van der Waals surface area contributed by atoms with Crippen LogP contribution in [0.1, 0.15) is 35.3 Å². The molecular weight excluding hydrogens is 480 g/mol.